The Morgan fingerprint density at radius 3 is 3.20 bits per heavy atom. The van der Waals surface area contributed by atoms with Gasteiger partial charge in [-0.2, -0.15) is 0 Å². The van der Waals surface area contributed by atoms with E-state index in [0.29, 0.717) is 25.5 Å². The largest absolute Gasteiger partial charge is 0.381 e. The molecule has 0 spiro atoms. The lowest BCUT2D eigenvalue weighted by Crippen LogP contribution is -2.20. The summed E-state index contributed by atoms with van der Waals surface area (Å²) in [5, 5.41) is 7.64. The molecule has 2 N–H and O–H groups in total. The molecule has 1 aliphatic rings. The summed E-state index contributed by atoms with van der Waals surface area (Å²) in [5.74, 6) is 0.177. The van der Waals surface area contributed by atoms with Crippen LogP contribution in [0.2, 0.25) is 0 Å². The third-order valence-electron chi connectivity index (χ3n) is 2.50. The number of rotatable bonds is 4. The van der Waals surface area contributed by atoms with Gasteiger partial charge in [0.2, 0.25) is 0 Å². The maximum absolute atomic E-state index is 11.7. The van der Waals surface area contributed by atoms with Crippen molar-refractivity contribution in [1.29, 1.82) is 0 Å². The molecule has 1 aromatic heterocycles. The molecule has 6 nitrogen and oxygen atoms in total. The molecule has 1 atom stereocenters. The Balaban J connectivity index is 1.92. The lowest BCUT2D eigenvalue weighted by atomic mass is 10.0. The standard InChI is InChI=1S/C9H14N4O2/c10-3-8-4-13(12-11-8)5-9(14)7-1-2-15-6-7/h4,7H,1-3,5-6,10H2. The number of hydrogen-bond acceptors (Lipinski definition) is 5. The highest BCUT2D eigenvalue weighted by molar-refractivity contribution is 5.81. The number of hydrogen-bond donors (Lipinski definition) is 1. The molecule has 0 amide bonds. The summed E-state index contributed by atoms with van der Waals surface area (Å²) in [4.78, 5) is 11.7. The van der Waals surface area contributed by atoms with Gasteiger partial charge in [-0.3, -0.25) is 4.79 Å². The van der Waals surface area contributed by atoms with Crippen molar-refractivity contribution < 1.29 is 9.53 Å². The molecule has 0 radical (unpaired) electrons. The average molecular weight is 210 g/mol. The lowest BCUT2D eigenvalue weighted by Gasteiger charge is -2.05. The lowest BCUT2D eigenvalue weighted by molar-refractivity contribution is -0.123. The van der Waals surface area contributed by atoms with Gasteiger partial charge in [0.25, 0.3) is 0 Å². The second-order valence-corrected chi connectivity index (χ2v) is 3.64. The molecule has 1 aromatic rings. The van der Waals surface area contributed by atoms with Crippen LogP contribution in [0.3, 0.4) is 0 Å². The first-order chi connectivity index (χ1) is 7.29. The first-order valence-corrected chi connectivity index (χ1v) is 4.99. The molecule has 0 bridgehead atoms. The maximum Gasteiger partial charge on any atom is 0.159 e. The minimum absolute atomic E-state index is 0.0236. The van der Waals surface area contributed by atoms with Gasteiger partial charge in [-0.25, -0.2) is 4.68 Å². The monoisotopic (exact) mass is 210 g/mol. The van der Waals surface area contributed by atoms with E-state index < -0.39 is 0 Å². The first kappa shape index (κ1) is 10.3. The van der Waals surface area contributed by atoms with E-state index in [0.717, 1.165) is 6.42 Å². The van der Waals surface area contributed by atoms with Gasteiger partial charge in [0.05, 0.1) is 18.5 Å². The van der Waals surface area contributed by atoms with Crippen LogP contribution in [0.15, 0.2) is 6.20 Å². The van der Waals surface area contributed by atoms with E-state index in [1.165, 1.54) is 4.68 Å². The highest BCUT2D eigenvalue weighted by Gasteiger charge is 2.23. The molecule has 1 aliphatic heterocycles. The van der Waals surface area contributed by atoms with Crippen molar-refractivity contribution in [3.05, 3.63) is 11.9 Å². The topological polar surface area (TPSA) is 83.0 Å². The van der Waals surface area contributed by atoms with E-state index in [4.69, 9.17) is 10.5 Å². The Bertz CT molecular complexity index is 344. The smallest absolute Gasteiger partial charge is 0.159 e. The van der Waals surface area contributed by atoms with Crippen molar-refractivity contribution in [1.82, 2.24) is 15.0 Å². The fraction of sp³-hybridized carbons (Fsp3) is 0.667. The van der Waals surface area contributed by atoms with Crippen molar-refractivity contribution in [3.63, 3.8) is 0 Å². The molecule has 15 heavy (non-hydrogen) atoms. The number of aromatic nitrogens is 3. The number of carbonyl (C=O) groups is 1. The second kappa shape index (κ2) is 4.50. The molecule has 6 heteroatoms. The Hall–Kier alpha value is -1.27. The van der Waals surface area contributed by atoms with Gasteiger partial charge in [-0.15, -0.1) is 5.10 Å². The highest BCUT2D eigenvalue weighted by Crippen LogP contribution is 2.13. The van der Waals surface area contributed by atoms with E-state index >= 15 is 0 Å². The van der Waals surface area contributed by atoms with Crippen LogP contribution in [-0.2, 0) is 22.6 Å². The summed E-state index contributed by atoms with van der Waals surface area (Å²) >= 11 is 0. The normalized spacial score (nSPS) is 20.7. The zero-order valence-electron chi connectivity index (χ0n) is 8.43. The zero-order chi connectivity index (χ0) is 10.7. The summed E-state index contributed by atoms with van der Waals surface area (Å²) in [7, 11) is 0. The third kappa shape index (κ3) is 2.40. The van der Waals surface area contributed by atoms with Crippen LogP contribution in [0.5, 0.6) is 0 Å². The third-order valence-corrected chi connectivity index (χ3v) is 2.50. The van der Waals surface area contributed by atoms with Gasteiger partial charge in [0.1, 0.15) is 6.54 Å². The van der Waals surface area contributed by atoms with E-state index in [1.54, 1.807) is 6.20 Å². The Morgan fingerprint density at radius 1 is 1.73 bits per heavy atom. The van der Waals surface area contributed by atoms with Crippen molar-refractivity contribution in [2.45, 2.75) is 19.5 Å². The summed E-state index contributed by atoms with van der Waals surface area (Å²) in [6.45, 7) is 1.83. The predicted molar refractivity (Wildman–Crippen MR) is 51.8 cm³/mol. The second-order valence-electron chi connectivity index (χ2n) is 3.64. The molecule has 1 unspecified atom stereocenters. The first-order valence-electron chi connectivity index (χ1n) is 4.99. The van der Waals surface area contributed by atoms with Crippen LogP contribution in [0.4, 0.5) is 0 Å². The molecular weight excluding hydrogens is 196 g/mol. The van der Waals surface area contributed by atoms with Crippen LogP contribution in [0, 0.1) is 5.92 Å². The van der Waals surface area contributed by atoms with Crippen LogP contribution in [0.25, 0.3) is 0 Å². The Kier molecular flexibility index (Phi) is 3.08. The molecule has 2 rings (SSSR count). The molecule has 0 aromatic carbocycles. The average Bonchev–Trinajstić information content (AvgIpc) is 2.87. The quantitative estimate of drug-likeness (QED) is 0.713. The van der Waals surface area contributed by atoms with Crippen LogP contribution in [-0.4, -0.2) is 34.0 Å². The summed E-state index contributed by atoms with van der Waals surface area (Å²) < 4.78 is 6.69. The number of carbonyl (C=O) groups excluding carboxylic acids is 1. The van der Waals surface area contributed by atoms with Gasteiger partial charge in [-0.05, 0) is 6.42 Å². The Morgan fingerprint density at radius 2 is 2.60 bits per heavy atom. The van der Waals surface area contributed by atoms with E-state index in [-0.39, 0.29) is 18.2 Å². The Labute approximate surface area is 87.4 Å². The van der Waals surface area contributed by atoms with E-state index in [1.807, 2.05) is 0 Å². The molecule has 2 heterocycles. The zero-order valence-corrected chi connectivity index (χ0v) is 8.43. The number of nitrogens with zero attached hydrogens (tertiary/aromatic N) is 3. The molecule has 1 fully saturated rings. The number of nitrogens with two attached hydrogens (primary N) is 1. The van der Waals surface area contributed by atoms with Crippen LogP contribution >= 0.6 is 0 Å². The van der Waals surface area contributed by atoms with Crippen molar-refractivity contribution >= 4 is 5.78 Å². The number of ketones is 1. The minimum atomic E-state index is 0.0236. The fourth-order valence-corrected chi connectivity index (χ4v) is 1.59. The van der Waals surface area contributed by atoms with Gasteiger partial charge in [0.15, 0.2) is 5.78 Å². The minimum Gasteiger partial charge on any atom is -0.381 e. The summed E-state index contributed by atoms with van der Waals surface area (Å²) in [6.07, 6.45) is 2.52. The van der Waals surface area contributed by atoms with Gasteiger partial charge >= 0.3 is 0 Å². The maximum atomic E-state index is 11.7. The molecule has 1 saturated heterocycles. The number of ether oxygens (including phenoxy) is 1. The fourth-order valence-electron chi connectivity index (χ4n) is 1.59. The van der Waals surface area contributed by atoms with Crippen molar-refractivity contribution in [2.75, 3.05) is 13.2 Å². The molecular formula is C9H14N4O2. The van der Waals surface area contributed by atoms with E-state index in [9.17, 15) is 4.79 Å². The van der Waals surface area contributed by atoms with Gasteiger partial charge in [0, 0.05) is 19.1 Å². The molecule has 82 valence electrons. The predicted octanol–water partition coefficient (Wildman–Crippen LogP) is -0.658. The van der Waals surface area contributed by atoms with Crippen LogP contribution < -0.4 is 5.73 Å². The molecule has 0 aliphatic carbocycles. The highest BCUT2D eigenvalue weighted by atomic mass is 16.5. The van der Waals surface area contributed by atoms with Crippen molar-refractivity contribution in [2.24, 2.45) is 11.7 Å². The van der Waals surface area contributed by atoms with Crippen LogP contribution in [0.1, 0.15) is 12.1 Å². The number of Topliss-reactive ketones (excluding diaryl/α,β-unsaturated/α-hetero) is 1. The van der Waals surface area contributed by atoms with Crippen molar-refractivity contribution in [3.8, 4) is 0 Å². The summed E-state index contributed by atoms with van der Waals surface area (Å²) in [6, 6.07) is 0. The molecule has 0 saturated carbocycles. The van der Waals surface area contributed by atoms with E-state index in [2.05, 4.69) is 10.3 Å². The van der Waals surface area contributed by atoms with Gasteiger partial charge < -0.3 is 10.5 Å². The van der Waals surface area contributed by atoms with Gasteiger partial charge in [-0.1, -0.05) is 5.21 Å². The summed E-state index contributed by atoms with van der Waals surface area (Å²) in [5.41, 5.74) is 6.09. The SMILES string of the molecule is NCc1cn(CC(=O)C2CCOC2)nn1.